The molecule has 6 heteroatoms. The molecular formula is C42H24N6. The van der Waals surface area contributed by atoms with Gasteiger partial charge in [-0.15, -0.1) is 0 Å². The van der Waals surface area contributed by atoms with Crippen molar-refractivity contribution in [2.24, 2.45) is 0 Å². The van der Waals surface area contributed by atoms with Gasteiger partial charge in [-0.1, -0.05) is 72.8 Å². The van der Waals surface area contributed by atoms with Crippen LogP contribution >= 0.6 is 0 Å². The van der Waals surface area contributed by atoms with E-state index < -0.39 is 0 Å². The summed E-state index contributed by atoms with van der Waals surface area (Å²) in [5.74, 6) is 0. The van der Waals surface area contributed by atoms with Crippen molar-refractivity contribution in [3.05, 3.63) is 163 Å². The Hall–Kier alpha value is -7.20. The topological polar surface area (TPSA) is 110 Å². The molecule has 0 amide bonds. The molecule has 0 fully saturated rings. The van der Waals surface area contributed by atoms with Crippen molar-refractivity contribution < 1.29 is 0 Å². The predicted octanol–water partition coefficient (Wildman–Crippen LogP) is 9.49. The third-order valence-electron chi connectivity index (χ3n) is 8.26. The second-order valence-corrected chi connectivity index (χ2v) is 11.1. The van der Waals surface area contributed by atoms with E-state index in [4.69, 9.17) is 0 Å². The fourth-order valence-electron chi connectivity index (χ4n) is 5.84. The molecule has 0 aliphatic rings. The van der Waals surface area contributed by atoms with Crippen molar-refractivity contribution >= 4 is 0 Å². The minimum absolute atomic E-state index is 0.391. The quantitative estimate of drug-likeness (QED) is 0.185. The summed E-state index contributed by atoms with van der Waals surface area (Å²) < 4.78 is 0. The normalized spacial score (nSPS) is 10.4. The number of rotatable bonds is 6. The van der Waals surface area contributed by atoms with Gasteiger partial charge in [0.1, 0.15) is 35.3 Å². The molecule has 48 heavy (non-hydrogen) atoms. The molecule has 6 nitrogen and oxygen atoms in total. The van der Waals surface area contributed by atoms with Crippen LogP contribution in [0.25, 0.3) is 66.8 Å². The van der Waals surface area contributed by atoms with Crippen LogP contribution in [0.3, 0.4) is 0 Å². The molecule has 0 spiro atoms. The Kier molecular flexibility index (Phi) is 8.01. The van der Waals surface area contributed by atoms with E-state index in [-0.39, 0.29) is 0 Å². The van der Waals surface area contributed by atoms with Crippen molar-refractivity contribution in [1.82, 2.24) is 15.0 Å². The van der Waals surface area contributed by atoms with Gasteiger partial charge in [0.25, 0.3) is 0 Å². The van der Waals surface area contributed by atoms with Gasteiger partial charge in [0.2, 0.25) is 0 Å². The first kappa shape index (κ1) is 29.5. The summed E-state index contributed by atoms with van der Waals surface area (Å²) in [7, 11) is 0. The molecule has 0 bridgehead atoms. The first-order valence-corrected chi connectivity index (χ1v) is 15.2. The molecule has 0 aliphatic heterocycles. The molecule has 7 aromatic rings. The van der Waals surface area contributed by atoms with E-state index >= 15 is 0 Å². The molecular weight excluding hydrogens is 589 g/mol. The SMILES string of the molecule is N#Cc1ncccc1-c1ccc(-c2cc(-c3ccc(-c4cccnc4C#N)cc3)cc(-c3ccc(-c4cccnc4C#N)cc3)c2)cc1. The van der Waals surface area contributed by atoms with Gasteiger partial charge in [0.15, 0.2) is 0 Å². The maximum absolute atomic E-state index is 9.56. The zero-order valence-corrected chi connectivity index (χ0v) is 25.5. The molecule has 0 saturated heterocycles. The van der Waals surface area contributed by atoms with Crippen molar-refractivity contribution in [2.75, 3.05) is 0 Å². The van der Waals surface area contributed by atoms with Gasteiger partial charge in [-0.05, 0) is 105 Å². The highest BCUT2D eigenvalue weighted by molar-refractivity contribution is 5.84. The van der Waals surface area contributed by atoms with E-state index in [1.54, 1.807) is 18.6 Å². The third-order valence-corrected chi connectivity index (χ3v) is 8.26. The predicted molar refractivity (Wildman–Crippen MR) is 187 cm³/mol. The summed E-state index contributed by atoms with van der Waals surface area (Å²) in [5, 5.41) is 28.7. The Morgan fingerprint density at radius 2 is 0.562 bits per heavy atom. The highest BCUT2D eigenvalue weighted by Gasteiger charge is 2.12. The van der Waals surface area contributed by atoms with Crippen LogP contribution in [0.2, 0.25) is 0 Å². The van der Waals surface area contributed by atoms with Crippen LogP contribution in [0.1, 0.15) is 17.1 Å². The first-order valence-electron chi connectivity index (χ1n) is 15.2. The van der Waals surface area contributed by atoms with Gasteiger partial charge in [-0.3, -0.25) is 0 Å². The molecule has 0 N–H and O–H groups in total. The van der Waals surface area contributed by atoms with Crippen LogP contribution < -0.4 is 0 Å². The average molecular weight is 613 g/mol. The number of aromatic nitrogens is 3. The summed E-state index contributed by atoms with van der Waals surface area (Å²) in [6, 6.07) is 48.8. The molecule has 3 aromatic heterocycles. The standard InChI is InChI=1S/C42H24N6/c43-25-40-37(4-1-19-46-40)31-13-7-28(8-14-31)34-22-35(29-9-15-32(16-10-29)38-5-2-20-47-41(38)26-44)24-36(23-34)30-11-17-33(18-12-30)39-6-3-21-48-42(39)27-45/h1-24H. The molecule has 0 aliphatic carbocycles. The van der Waals surface area contributed by atoms with Gasteiger partial charge in [-0.2, -0.15) is 15.8 Å². The second kappa shape index (κ2) is 13.0. The number of hydrogen-bond acceptors (Lipinski definition) is 6. The summed E-state index contributed by atoms with van der Waals surface area (Å²) in [6.45, 7) is 0. The smallest absolute Gasteiger partial charge is 0.148 e. The minimum atomic E-state index is 0.391. The van der Waals surface area contributed by atoms with E-state index in [0.717, 1.165) is 66.8 Å². The summed E-state index contributed by atoms with van der Waals surface area (Å²) >= 11 is 0. The Balaban J connectivity index is 1.30. The summed E-state index contributed by atoms with van der Waals surface area (Å²) in [5.41, 5.74) is 12.5. The monoisotopic (exact) mass is 612 g/mol. The molecule has 0 radical (unpaired) electrons. The van der Waals surface area contributed by atoms with Crippen molar-refractivity contribution in [3.8, 4) is 85.0 Å². The number of nitrogens with zero attached hydrogens (tertiary/aromatic N) is 6. The minimum Gasteiger partial charge on any atom is -0.245 e. The highest BCUT2D eigenvalue weighted by Crippen LogP contribution is 2.36. The lowest BCUT2D eigenvalue weighted by molar-refractivity contribution is 1.26. The number of nitriles is 3. The average Bonchev–Trinajstić information content (AvgIpc) is 3.18. The van der Waals surface area contributed by atoms with E-state index in [9.17, 15) is 15.8 Å². The maximum Gasteiger partial charge on any atom is 0.148 e. The second-order valence-electron chi connectivity index (χ2n) is 11.1. The summed E-state index contributed by atoms with van der Waals surface area (Å²) in [6.07, 6.45) is 4.88. The number of pyridine rings is 3. The largest absolute Gasteiger partial charge is 0.245 e. The van der Waals surface area contributed by atoms with Crippen LogP contribution in [-0.4, -0.2) is 15.0 Å². The van der Waals surface area contributed by atoms with Crippen molar-refractivity contribution in [1.29, 1.82) is 15.8 Å². The van der Waals surface area contributed by atoms with Crippen LogP contribution in [-0.2, 0) is 0 Å². The molecule has 7 rings (SSSR count). The lowest BCUT2D eigenvalue weighted by atomic mass is 9.91. The lowest BCUT2D eigenvalue weighted by Gasteiger charge is -2.13. The van der Waals surface area contributed by atoms with Crippen LogP contribution in [0.5, 0.6) is 0 Å². The fraction of sp³-hybridized carbons (Fsp3) is 0. The Morgan fingerprint density at radius 1 is 0.312 bits per heavy atom. The Labute approximate surface area is 278 Å². The van der Waals surface area contributed by atoms with Crippen LogP contribution in [0.4, 0.5) is 0 Å². The lowest BCUT2D eigenvalue weighted by Crippen LogP contribution is -1.90. The maximum atomic E-state index is 9.56. The molecule has 222 valence electrons. The van der Waals surface area contributed by atoms with Crippen LogP contribution in [0.15, 0.2) is 146 Å². The van der Waals surface area contributed by atoms with E-state index in [0.29, 0.717) is 17.1 Å². The van der Waals surface area contributed by atoms with E-state index in [1.807, 2.05) is 72.8 Å². The fourth-order valence-corrected chi connectivity index (χ4v) is 5.84. The Morgan fingerprint density at radius 3 is 0.812 bits per heavy atom. The number of benzene rings is 4. The van der Waals surface area contributed by atoms with Gasteiger partial charge in [0.05, 0.1) is 0 Å². The van der Waals surface area contributed by atoms with Crippen molar-refractivity contribution in [3.63, 3.8) is 0 Å². The number of hydrogen-bond donors (Lipinski definition) is 0. The molecule has 0 saturated carbocycles. The van der Waals surface area contributed by atoms with Gasteiger partial charge >= 0.3 is 0 Å². The van der Waals surface area contributed by atoms with E-state index in [2.05, 4.69) is 87.8 Å². The molecule has 0 atom stereocenters. The molecule has 0 unspecified atom stereocenters. The first-order chi connectivity index (χ1) is 23.6. The summed E-state index contributed by atoms with van der Waals surface area (Å²) in [4.78, 5) is 12.6. The molecule has 3 heterocycles. The Bertz CT molecular complexity index is 2120. The van der Waals surface area contributed by atoms with Gasteiger partial charge in [0, 0.05) is 35.3 Å². The zero-order chi connectivity index (χ0) is 32.9. The van der Waals surface area contributed by atoms with Crippen molar-refractivity contribution in [2.45, 2.75) is 0 Å². The van der Waals surface area contributed by atoms with Crippen LogP contribution in [0, 0.1) is 34.0 Å². The molecule has 4 aromatic carbocycles. The van der Waals surface area contributed by atoms with Gasteiger partial charge < -0.3 is 0 Å². The zero-order valence-electron chi connectivity index (χ0n) is 25.5. The highest BCUT2D eigenvalue weighted by atomic mass is 14.7. The van der Waals surface area contributed by atoms with E-state index in [1.165, 1.54) is 0 Å². The van der Waals surface area contributed by atoms with Gasteiger partial charge in [-0.25, -0.2) is 15.0 Å². The third kappa shape index (κ3) is 5.80.